The van der Waals surface area contributed by atoms with Crippen LogP contribution in [0.2, 0.25) is 0 Å². The van der Waals surface area contributed by atoms with E-state index in [1.807, 2.05) is 19.1 Å². The SMILES string of the molecule is CCc1ccc(OCC2COC(C)O2)cc1. The highest BCUT2D eigenvalue weighted by molar-refractivity contribution is 5.27. The van der Waals surface area contributed by atoms with Crippen molar-refractivity contribution in [3.8, 4) is 5.75 Å². The van der Waals surface area contributed by atoms with Crippen LogP contribution in [0.15, 0.2) is 24.3 Å². The molecule has 0 saturated carbocycles. The van der Waals surface area contributed by atoms with Gasteiger partial charge in [-0.1, -0.05) is 19.1 Å². The molecule has 2 unspecified atom stereocenters. The summed E-state index contributed by atoms with van der Waals surface area (Å²) in [5.74, 6) is 0.889. The summed E-state index contributed by atoms with van der Waals surface area (Å²) in [4.78, 5) is 0. The topological polar surface area (TPSA) is 27.7 Å². The van der Waals surface area contributed by atoms with Crippen LogP contribution in [-0.2, 0) is 15.9 Å². The molecule has 0 aromatic heterocycles. The molecule has 16 heavy (non-hydrogen) atoms. The summed E-state index contributed by atoms with van der Waals surface area (Å²) in [6.07, 6.45) is 1.01. The summed E-state index contributed by atoms with van der Waals surface area (Å²) in [5, 5.41) is 0. The third kappa shape index (κ3) is 2.97. The zero-order valence-electron chi connectivity index (χ0n) is 9.81. The van der Waals surface area contributed by atoms with E-state index in [-0.39, 0.29) is 12.4 Å². The Morgan fingerprint density at radius 3 is 2.62 bits per heavy atom. The van der Waals surface area contributed by atoms with Gasteiger partial charge in [-0.25, -0.2) is 0 Å². The lowest BCUT2D eigenvalue weighted by Gasteiger charge is -2.11. The van der Waals surface area contributed by atoms with Crippen LogP contribution < -0.4 is 4.74 Å². The molecule has 0 amide bonds. The molecule has 0 radical (unpaired) electrons. The van der Waals surface area contributed by atoms with Crippen molar-refractivity contribution in [2.45, 2.75) is 32.7 Å². The van der Waals surface area contributed by atoms with E-state index in [0.717, 1.165) is 12.2 Å². The van der Waals surface area contributed by atoms with E-state index < -0.39 is 0 Å². The van der Waals surface area contributed by atoms with Gasteiger partial charge in [-0.15, -0.1) is 0 Å². The third-order valence-corrected chi connectivity index (χ3v) is 2.67. The second kappa shape index (κ2) is 5.32. The number of ether oxygens (including phenoxy) is 3. The van der Waals surface area contributed by atoms with Crippen molar-refractivity contribution in [1.29, 1.82) is 0 Å². The van der Waals surface area contributed by atoms with Crippen LogP contribution in [0.25, 0.3) is 0 Å². The van der Waals surface area contributed by atoms with Crippen molar-refractivity contribution >= 4 is 0 Å². The van der Waals surface area contributed by atoms with Gasteiger partial charge in [0.25, 0.3) is 0 Å². The molecule has 1 aliphatic heterocycles. The monoisotopic (exact) mass is 222 g/mol. The van der Waals surface area contributed by atoms with Gasteiger partial charge >= 0.3 is 0 Å². The quantitative estimate of drug-likeness (QED) is 0.783. The Balaban J connectivity index is 1.80. The van der Waals surface area contributed by atoms with Gasteiger partial charge in [-0.2, -0.15) is 0 Å². The molecule has 1 aromatic rings. The van der Waals surface area contributed by atoms with Gasteiger partial charge in [0.05, 0.1) is 6.61 Å². The maximum Gasteiger partial charge on any atom is 0.155 e. The molecule has 0 spiro atoms. The minimum absolute atomic E-state index is 0.0563. The largest absolute Gasteiger partial charge is 0.491 e. The van der Waals surface area contributed by atoms with E-state index >= 15 is 0 Å². The molecule has 2 atom stereocenters. The van der Waals surface area contributed by atoms with Gasteiger partial charge in [0.15, 0.2) is 6.29 Å². The smallest absolute Gasteiger partial charge is 0.155 e. The predicted molar refractivity (Wildman–Crippen MR) is 61.6 cm³/mol. The predicted octanol–water partition coefficient (Wildman–Crippen LogP) is 2.39. The average Bonchev–Trinajstić information content (AvgIpc) is 2.73. The molecular weight excluding hydrogens is 204 g/mol. The molecule has 0 N–H and O–H groups in total. The first-order chi connectivity index (χ1) is 7.78. The van der Waals surface area contributed by atoms with Gasteiger partial charge in [-0.05, 0) is 31.0 Å². The lowest BCUT2D eigenvalue weighted by atomic mass is 10.2. The summed E-state index contributed by atoms with van der Waals surface area (Å²) in [5.41, 5.74) is 1.32. The lowest BCUT2D eigenvalue weighted by Crippen LogP contribution is -2.20. The van der Waals surface area contributed by atoms with Crippen molar-refractivity contribution in [1.82, 2.24) is 0 Å². The molecule has 1 heterocycles. The van der Waals surface area contributed by atoms with Crippen LogP contribution in [0, 0.1) is 0 Å². The summed E-state index contributed by atoms with van der Waals surface area (Å²) in [6.45, 7) is 5.21. The van der Waals surface area contributed by atoms with Crippen molar-refractivity contribution in [2.24, 2.45) is 0 Å². The lowest BCUT2D eigenvalue weighted by molar-refractivity contribution is -0.0486. The van der Waals surface area contributed by atoms with Crippen LogP contribution >= 0.6 is 0 Å². The molecule has 0 aliphatic carbocycles. The number of rotatable bonds is 4. The van der Waals surface area contributed by atoms with Crippen LogP contribution in [0.3, 0.4) is 0 Å². The van der Waals surface area contributed by atoms with Crippen LogP contribution in [0.1, 0.15) is 19.4 Å². The molecule has 3 nitrogen and oxygen atoms in total. The van der Waals surface area contributed by atoms with Gasteiger partial charge in [0.2, 0.25) is 0 Å². The van der Waals surface area contributed by atoms with E-state index in [4.69, 9.17) is 14.2 Å². The Bertz CT molecular complexity index is 320. The highest BCUT2D eigenvalue weighted by Crippen LogP contribution is 2.15. The molecule has 3 heteroatoms. The van der Waals surface area contributed by atoms with Gasteiger partial charge < -0.3 is 14.2 Å². The van der Waals surface area contributed by atoms with E-state index in [2.05, 4.69) is 19.1 Å². The number of benzene rings is 1. The first-order valence-electron chi connectivity index (χ1n) is 5.76. The van der Waals surface area contributed by atoms with Crippen LogP contribution in [-0.4, -0.2) is 25.6 Å². The summed E-state index contributed by atoms with van der Waals surface area (Å²) in [6, 6.07) is 8.17. The molecule has 0 bridgehead atoms. The number of hydrogen-bond acceptors (Lipinski definition) is 3. The Morgan fingerprint density at radius 1 is 1.31 bits per heavy atom. The molecule has 1 aliphatic rings. The maximum atomic E-state index is 5.63. The maximum absolute atomic E-state index is 5.63. The van der Waals surface area contributed by atoms with Gasteiger partial charge in [0.1, 0.15) is 18.5 Å². The zero-order chi connectivity index (χ0) is 11.4. The normalized spacial score (nSPS) is 24.6. The Morgan fingerprint density at radius 2 is 2.06 bits per heavy atom. The summed E-state index contributed by atoms with van der Waals surface area (Å²) in [7, 11) is 0. The molecule has 88 valence electrons. The standard InChI is InChI=1S/C13H18O3/c1-3-11-4-6-12(7-5-11)15-9-13-8-14-10(2)16-13/h4-7,10,13H,3,8-9H2,1-2H3. The first kappa shape index (κ1) is 11.4. The van der Waals surface area contributed by atoms with Gasteiger partial charge in [0, 0.05) is 0 Å². The van der Waals surface area contributed by atoms with Crippen LogP contribution in [0.4, 0.5) is 0 Å². The van der Waals surface area contributed by atoms with E-state index in [9.17, 15) is 0 Å². The Kier molecular flexibility index (Phi) is 3.80. The molecule has 1 fully saturated rings. The molecule has 1 saturated heterocycles. The van der Waals surface area contributed by atoms with E-state index in [1.54, 1.807) is 0 Å². The second-order valence-electron chi connectivity index (χ2n) is 3.97. The Hall–Kier alpha value is -1.06. The van der Waals surface area contributed by atoms with Crippen molar-refractivity contribution in [3.05, 3.63) is 29.8 Å². The fourth-order valence-electron chi connectivity index (χ4n) is 1.69. The minimum atomic E-state index is -0.101. The van der Waals surface area contributed by atoms with Crippen molar-refractivity contribution in [3.63, 3.8) is 0 Å². The molecule has 1 aromatic carbocycles. The average molecular weight is 222 g/mol. The number of hydrogen-bond donors (Lipinski definition) is 0. The second-order valence-corrected chi connectivity index (χ2v) is 3.97. The highest BCUT2D eigenvalue weighted by Gasteiger charge is 2.22. The van der Waals surface area contributed by atoms with Crippen molar-refractivity contribution in [2.75, 3.05) is 13.2 Å². The summed E-state index contributed by atoms with van der Waals surface area (Å²) >= 11 is 0. The fraction of sp³-hybridized carbons (Fsp3) is 0.538. The molecule has 2 rings (SSSR count). The van der Waals surface area contributed by atoms with Crippen molar-refractivity contribution < 1.29 is 14.2 Å². The third-order valence-electron chi connectivity index (χ3n) is 2.67. The van der Waals surface area contributed by atoms with E-state index in [0.29, 0.717) is 13.2 Å². The molecular formula is C13H18O3. The summed E-state index contributed by atoms with van der Waals surface area (Å²) < 4.78 is 16.4. The van der Waals surface area contributed by atoms with E-state index in [1.165, 1.54) is 5.56 Å². The Labute approximate surface area is 96.3 Å². The fourth-order valence-corrected chi connectivity index (χ4v) is 1.69. The minimum Gasteiger partial charge on any atom is -0.491 e. The van der Waals surface area contributed by atoms with Gasteiger partial charge in [-0.3, -0.25) is 0 Å². The van der Waals surface area contributed by atoms with Crippen LogP contribution in [0.5, 0.6) is 5.75 Å². The number of aryl methyl sites for hydroxylation is 1. The first-order valence-corrected chi connectivity index (χ1v) is 5.76. The highest BCUT2D eigenvalue weighted by atomic mass is 16.7. The zero-order valence-corrected chi connectivity index (χ0v) is 9.81.